The highest BCUT2D eigenvalue weighted by Crippen LogP contribution is 2.33. The molecule has 6 rings (SSSR count). The number of piperidine rings is 1. The average Bonchev–Trinajstić information content (AvgIpc) is 3.01. The third kappa shape index (κ3) is 6.60. The minimum Gasteiger partial charge on any atom is -0.388 e. The van der Waals surface area contributed by atoms with Crippen LogP contribution in [0.15, 0.2) is 47.5 Å². The lowest BCUT2D eigenvalue weighted by Crippen LogP contribution is -2.50. The van der Waals surface area contributed by atoms with Crippen LogP contribution in [0.1, 0.15) is 55.3 Å². The number of aromatic nitrogens is 3. The van der Waals surface area contributed by atoms with Crippen LogP contribution < -0.4 is 10.9 Å². The molecule has 0 saturated carbocycles. The number of nitrogens with one attached hydrogen (secondary N) is 1. The summed E-state index contributed by atoms with van der Waals surface area (Å²) in [6.07, 6.45) is 7.38. The maximum Gasteiger partial charge on any atom is 0.261 e. The zero-order chi connectivity index (χ0) is 30.8. The number of fused-ring (bicyclic) bond motifs is 3. The lowest BCUT2D eigenvalue weighted by molar-refractivity contribution is -0.135. The number of nitrogens with zero attached hydrogens (tertiary/aromatic N) is 4. The van der Waals surface area contributed by atoms with Gasteiger partial charge < -0.3 is 15.3 Å². The van der Waals surface area contributed by atoms with Gasteiger partial charge in [-0.3, -0.25) is 23.9 Å². The molecule has 230 valence electrons. The Bertz CT molecular complexity index is 1800. The van der Waals surface area contributed by atoms with E-state index in [-0.39, 0.29) is 36.9 Å². The van der Waals surface area contributed by atoms with Crippen LogP contribution >= 0.6 is 23.2 Å². The molecular formula is C33H35Cl2N5O4. The lowest BCUT2D eigenvalue weighted by Gasteiger charge is -2.38. The Kier molecular flexibility index (Phi) is 8.89. The molecule has 0 spiro atoms. The molecule has 0 atom stereocenters. The monoisotopic (exact) mass is 635 g/mol. The number of pyridine rings is 1. The van der Waals surface area contributed by atoms with Crippen LogP contribution in [0.3, 0.4) is 0 Å². The van der Waals surface area contributed by atoms with Crippen molar-refractivity contribution in [3.05, 3.63) is 79.9 Å². The minimum atomic E-state index is -1.13. The Morgan fingerprint density at radius 2 is 1.75 bits per heavy atom. The molecule has 3 heterocycles. The normalized spacial score (nSPS) is 16.2. The summed E-state index contributed by atoms with van der Waals surface area (Å²) in [6.45, 7) is 1.09. The quantitative estimate of drug-likeness (QED) is 0.292. The third-order valence-corrected chi connectivity index (χ3v) is 9.53. The van der Waals surface area contributed by atoms with Gasteiger partial charge >= 0.3 is 0 Å². The topological polar surface area (TPSA) is 117 Å². The molecule has 1 aliphatic heterocycles. The first kappa shape index (κ1) is 30.5. The van der Waals surface area contributed by atoms with Crippen LogP contribution in [0.2, 0.25) is 10.0 Å². The Balaban J connectivity index is 0.951. The molecular weight excluding hydrogens is 601 g/mol. The maximum absolute atomic E-state index is 12.9. The first-order chi connectivity index (χ1) is 21.2. The van der Waals surface area contributed by atoms with Crippen LogP contribution in [-0.4, -0.2) is 61.6 Å². The maximum atomic E-state index is 12.9. The van der Waals surface area contributed by atoms with E-state index in [9.17, 15) is 19.5 Å². The van der Waals surface area contributed by atoms with Crippen molar-refractivity contribution in [3.8, 4) is 0 Å². The van der Waals surface area contributed by atoms with Gasteiger partial charge in [0.25, 0.3) is 5.56 Å². The van der Waals surface area contributed by atoms with Crippen molar-refractivity contribution in [1.29, 1.82) is 0 Å². The Labute approximate surface area is 265 Å². The number of likely N-dealkylation sites (tertiary alicyclic amines) is 1. The molecule has 4 aromatic rings. The Hall–Kier alpha value is -3.53. The number of benzene rings is 2. The van der Waals surface area contributed by atoms with Gasteiger partial charge in [0, 0.05) is 48.6 Å². The van der Waals surface area contributed by atoms with Crippen LogP contribution in [0.5, 0.6) is 0 Å². The smallest absolute Gasteiger partial charge is 0.261 e. The lowest BCUT2D eigenvalue weighted by atomic mass is 9.91. The van der Waals surface area contributed by atoms with Crippen LogP contribution in [0.25, 0.3) is 21.8 Å². The van der Waals surface area contributed by atoms with Gasteiger partial charge in [0.1, 0.15) is 0 Å². The highest BCUT2D eigenvalue weighted by molar-refractivity contribution is 6.36. The fraction of sp³-hybridized carbons (Fsp3) is 0.424. The fourth-order valence-electron chi connectivity index (χ4n) is 6.27. The van der Waals surface area contributed by atoms with Gasteiger partial charge in [-0.15, -0.1) is 0 Å². The van der Waals surface area contributed by atoms with Gasteiger partial charge in [0.05, 0.1) is 39.9 Å². The molecule has 44 heavy (non-hydrogen) atoms. The summed E-state index contributed by atoms with van der Waals surface area (Å²) in [4.78, 5) is 49.1. The van der Waals surface area contributed by atoms with E-state index < -0.39 is 5.60 Å². The number of halogens is 2. The second-order valence-corrected chi connectivity index (χ2v) is 12.8. The highest BCUT2D eigenvalue weighted by atomic mass is 35.5. The highest BCUT2D eigenvalue weighted by Gasteiger charge is 2.34. The summed E-state index contributed by atoms with van der Waals surface area (Å²) in [5.74, 6) is -0.186. The van der Waals surface area contributed by atoms with Gasteiger partial charge in [-0.25, -0.2) is 4.98 Å². The van der Waals surface area contributed by atoms with Gasteiger partial charge in [0.2, 0.25) is 11.8 Å². The molecule has 1 fully saturated rings. The third-order valence-electron chi connectivity index (χ3n) is 8.86. The average molecular weight is 637 g/mol. The number of carbonyl (C=O) groups is 2. The summed E-state index contributed by atoms with van der Waals surface area (Å²) in [5, 5.41) is 16.7. The van der Waals surface area contributed by atoms with Crippen LogP contribution in [0.4, 0.5) is 0 Å². The number of rotatable bonds is 8. The molecule has 2 N–H and O–H groups in total. The van der Waals surface area contributed by atoms with Crippen molar-refractivity contribution in [3.63, 3.8) is 0 Å². The van der Waals surface area contributed by atoms with E-state index in [1.54, 1.807) is 23.1 Å². The Morgan fingerprint density at radius 1 is 0.977 bits per heavy atom. The number of carbonyl (C=O) groups excluding carboxylic acids is 2. The molecule has 1 aliphatic carbocycles. The number of amides is 2. The summed E-state index contributed by atoms with van der Waals surface area (Å²) in [7, 11) is 0. The summed E-state index contributed by atoms with van der Waals surface area (Å²) in [5.41, 5.74) is 3.31. The largest absolute Gasteiger partial charge is 0.388 e. The number of hydrogen-bond acceptors (Lipinski definition) is 6. The standard InChI is InChI=1S/C33H35Cl2N5O4/c34-22-7-9-25-27(18-22)37-20-40(32(25)43)19-33(44)12-15-39(16-13-33)30(42)11-14-36-29(41)10-6-21-5-8-24-28(17-21)38-26-4-2-1-3-23(26)31(24)35/h5,7-9,17-18,20,44H,1-4,6,10-16,19H2,(H,36,41). The van der Waals surface area contributed by atoms with E-state index in [0.717, 1.165) is 52.9 Å². The van der Waals surface area contributed by atoms with Crippen molar-refractivity contribution in [2.45, 2.75) is 69.9 Å². The van der Waals surface area contributed by atoms with E-state index in [4.69, 9.17) is 28.2 Å². The summed E-state index contributed by atoms with van der Waals surface area (Å²) < 4.78 is 1.42. The second-order valence-electron chi connectivity index (χ2n) is 12.0. The predicted octanol–water partition coefficient (Wildman–Crippen LogP) is 4.62. The van der Waals surface area contributed by atoms with Crippen LogP contribution in [-0.2, 0) is 35.4 Å². The van der Waals surface area contributed by atoms with E-state index in [0.29, 0.717) is 54.7 Å². The van der Waals surface area contributed by atoms with Gasteiger partial charge in [-0.2, -0.15) is 0 Å². The number of aliphatic hydroxyl groups is 1. The molecule has 0 radical (unpaired) electrons. The van der Waals surface area contributed by atoms with Crippen molar-refractivity contribution in [2.75, 3.05) is 19.6 Å². The van der Waals surface area contributed by atoms with Gasteiger partial charge in [-0.1, -0.05) is 35.3 Å². The van der Waals surface area contributed by atoms with Gasteiger partial charge in [0.15, 0.2) is 0 Å². The predicted molar refractivity (Wildman–Crippen MR) is 171 cm³/mol. The zero-order valence-corrected chi connectivity index (χ0v) is 26.0. The van der Waals surface area contributed by atoms with E-state index in [1.807, 2.05) is 18.2 Å². The molecule has 2 aromatic heterocycles. The van der Waals surface area contributed by atoms with E-state index in [2.05, 4.69) is 10.3 Å². The Morgan fingerprint density at radius 3 is 2.57 bits per heavy atom. The second kappa shape index (κ2) is 12.8. The molecule has 9 nitrogen and oxygen atoms in total. The zero-order valence-electron chi connectivity index (χ0n) is 24.5. The first-order valence-electron chi connectivity index (χ1n) is 15.2. The van der Waals surface area contributed by atoms with Crippen molar-refractivity contribution >= 4 is 56.8 Å². The minimum absolute atomic E-state index is 0.0745. The number of aryl methyl sites for hydroxylation is 2. The molecule has 2 aromatic carbocycles. The van der Waals surface area contributed by atoms with Crippen molar-refractivity contribution in [2.24, 2.45) is 0 Å². The molecule has 2 aliphatic rings. The fourth-order valence-corrected chi connectivity index (χ4v) is 6.80. The molecule has 2 amide bonds. The van der Waals surface area contributed by atoms with Crippen molar-refractivity contribution < 1.29 is 14.7 Å². The summed E-state index contributed by atoms with van der Waals surface area (Å²) in [6, 6.07) is 10.9. The molecule has 11 heteroatoms. The van der Waals surface area contributed by atoms with Crippen LogP contribution in [0, 0.1) is 0 Å². The van der Waals surface area contributed by atoms with E-state index in [1.165, 1.54) is 16.5 Å². The molecule has 1 saturated heterocycles. The SMILES string of the molecule is O=C(CCc1ccc2c(Cl)c3c(nc2c1)CCCC3)NCCC(=O)N1CCC(O)(Cn2cnc3cc(Cl)ccc3c2=O)CC1. The van der Waals surface area contributed by atoms with Crippen molar-refractivity contribution in [1.82, 2.24) is 24.8 Å². The molecule has 0 unspecified atom stereocenters. The van der Waals surface area contributed by atoms with E-state index >= 15 is 0 Å². The summed E-state index contributed by atoms with van der Waals surface area (Å²) >= 11 is 12.7. The number of hydrogen-bond donors (Lipinski definition) is 2. The molecule has 0 bridgehead atoms. The van der Waals surface area contributed by atoms with Gasteiger partial charge in [-0.05, 0) is 80.3 Å². The first-order valence-corrected chi connectivity index (χ1v) is 16.0.